The lowest BCUT2D eigenvalue weighted by atomic mass is 10.4. The Bertz CT molecular complexity index is 102. The summed E-state index contributed by atoms with van der Waals surface area (Å²) in [4.78, 5) is 10.4. The van der Waals surface area contributed by atoms with E-state index in [2.05, 4.69) is 4.74 Å². The first kappa shape index (κ1) is 9.35. The van der Waals surface area contributed by atoms with Crippen LogP contribution in [0.15, 0.2) is 0 Å². The maximum absolute atomic E-state index is 10.4. The first-order chi connectivity index (χ1) is 4.72. The molecule has 0 spiro atoms. The van der Waals surface area contributed by atoms with Gasteiger partial charge in [-0.1, -0.05) is 0 Å². The Labute approximate surface area is 57.9 Å². The Kier molecular flexibility index (Phi) is 4.82. The zero-order valence-electron chi connectivity index (χ0n) is 5.36. The molecule has 0 aliphatic carbocycles. The van der Waals surface area contributed by atoms with E-state index in [0.717, 1.165) is 0 Å². The van der Waals surface area contributed by atoms with E-state index >= 15 is 0 Å². The molecule has 10 heavy (non-hydrogen) atoms. The van der Waals surface area contributed by atoms with Gasteiger partial charge in [0.05, 0.1) is 13.2 Å². The van der Waals surface area contributed by atoms with Crippen molar-refractivity contribution in [2.75, 3.05) is 19.8 Å². The van der Waals surface area contributed by atoms with Gasteiger partial charge in [-0.3, -0.25) is 0 Å². The van der Waals surface area contributed by atoms with Crippen LogP contribution in [0.4, 0.5) is 0 Å². The summed E-state index contributed by atoms with van der Waals surface area (Å²) in [7, 11) is 0. The van der Waals surface area contributed by atoms with Crippen molar-refractivity contribution in [3.8, 4) is 0 Å². The van der Waals surface area contributed by atoms with Crippen molar-refractivity contribution in [2.24, 2.45) is 0 Å². The predicted octanol–water partition coefficient (Wildman–Crippen LogP) is -2.12. The number of aliphatic hydroxyl groups excluding tert-OH is 3. The van der Waals surface area contributed by atoms with E-state index in [0.29, 0.717) is 0 Å². The molecule has 0 heterocycles. The summed E-state index contributed by atoms with van der Waals surface area (Å²) in [5.74, 6) is -0.920. The fourth-order valence-electron chi connectivity index (χ4n) is 0.317. The Morgan fingerprint density at radius 1 is 1.50 bits per heavy atom. The molecule has 0 saturated carbocycles. The molecule has 0 aliphatic rings. The highest BCUT2D eigenvalue weighted by molar-refractivity contribution is 5.74. The molecule has 0 aromatic heterocycles. The molecule has 1 atom stereocenters. The maximum Gasteiger partial charge on any atom is 0.337 e. The SMILES string of the molecule is O=C(OCCO)[C@@H](O)CO. The summed E-state index contributed by atoms with van der Waals surface area (Å²) >= 11 is 0. The standard InChI is InChI=1S/C5H10O5/c6-1-2-10-5(9)4(8)3-7/h4,6-8H,1-3H2/t4-/m0/s1. The van der Waals surface area contributed by atoms with E-state index in [1.807, 2.05) is 0 Å². The number of hydrogen-bond donors (Lipinski definition) is 3. The topological polar surface area (TPSA) is 87.0 Å². The number of ether oxygens (including phenoxy) is 1. The molecule has 0 rings (SSSR count). The minimum Gasteiger partial charge on any atom is -0.461 e. The van der Waals surface area contributed by atoms with Crippen molar-refractivity contribution in [1.29, 1.82) is 0 Å². The van der Waals surface area contributed by atoms with Gasteiger partial charge in [0.2, 0.25) is 0 Å². The second-order valence-electron chi connectivity index (χ2n) is 1.59. The van der Waals surface area contributed by atoms with Gasteiger partial charge in [-0.25, -0.2) is 4.79 Å². The molecule has 0 aliphatic heterocycles. The Hall–Kier alpha value is -0.650. The predicted molar refractivity (Wildman–Crippen MR) is 31.1 cm³/mol. The van der Waals surface area contributed by atoms with Crippen LogP contribution in [0, 0.1) is 0 Å². The van der Waals surface area contributed by atoms with Crippen LogP contribution in [0.3, 0.4) is 0 Å². The van der Waals surface area contributed by atoms with Crippen LogP contribution >= 0.6 is 0 Å². The normalized spacial score (nSPS) is 12.7. The molecule has 0 bridgehead atoms. The van der Waals surface area contributed by atoms with Crippen LogP contribution in [0.1, 0.15) is 0 Å². The third-order valence-electron chi connectivity index (χ3n) is 0.781. The average molecular weight is 150 g/mol. The lowest BCUT2D eigenvalue weighted by Gasteiger charge is -2.05. The fourth-order valence-corrected chi connectivity index (χ4v) is 0.317. The second kappa shape index (κ2) is 5.16. The van der Waals surface area contributed by atoms with Gasteiger partial charge in [0.1, 0.15) is 6.61 Å². The minimum atomic E-state index is -1.49. The molecule has 5 heteroatoms. The van der Waals surface area contributed by atoms with E-state index < -0.39 is 18.7 Å². The van der Waals surface area contributed by atoms with Crippen LogP contribution in [0.5, 0.6) is 0 Å². The second-order valence-corrected chi connectivity index (χ2v) is 1.59. The van der Waals surface area contributed by atoms with Crippen LogP contribution in [0.25, 0.3) is 0 Å². The smallest absolute Gasteiger partial charge is 0.337 e. The summed E-state index contributed by atoms with van der Waals surface area (Å²) in [5.41, 5.74) is 0. The van der Waals surface area contributed by atoms with Gasteiger partial charge in [-0.05, 0) is 0 Å². The summed E-state index contributed by atoms with van der Waals surface area (Å²) in [6.45, 7) is -1.11. The van der Waals surface area contributed by atoms with Crippen molar-refractivity contribution in [3.05, 3.63) is 0 Å². The Balaban J connectivity index is 3.42. The van der Waals surface area contributed by atoms with Crippen molar-refractivity contribution in [3.63, 3.8) is 0 Å². The van der Waals surface area contributed by atoms with E-state index in [1.54, 1.807) is 0 Å². The molecule has 0 radical (unpaired) electrons. The molecule has 0 saturated heterocycles. The lowest BCUT2D eigenvalue weighted by Crippen LogP contribution is -2.27. The average Bonchev–Trinajstić information content (AvgIpc) is 1.98. The van der Waals surface area contributed by atoms with Gasteiger partial charge in [-0.15, -0.1) is 0 Å². The highest BCUT2D eigenvalue weighted by atomic mass is 16.6. The summed E-state index contributed by atoms with van der Waals surface area (Å²) in [6.07, 6.45) is -1.49. The number of carbonyl (C=O) groups is 1. The first-order valence-corrected chi connectivity index (χ1v) is 2.78. The number of rotatable bonds is 4. The molecule has 3 N–H and O–H groups in total. The van der Waals surface area contributed by atoms with E-state index in [9.17, 15) is 4.79 Å². The lowest BCUT2D eigenvalue weighted by molar-refractivity contribution is -0.156. The molecule has 5 nitrogen and oxygen atoms in total. The molecule has 0 aromatic rings. The number of hydrogen-bond acceptors (Lipinski definition) is 5. The fraction of sp³-hybridized carbons (Fsp3) is 0.800. The van der Waals surface area contributed by atoms with Gasteiger partial charge in [0.15, 0.2) is 6.10 Å². The quantitative estimate of drug-likeness (QED) is 0.399. The zero-order chi connectivity index (χ0) is 7.98. The molecule has 0 aromatic carbocycles. The van der Waals surface area contributed by atoms with Crippen molar-refractivity contribution >= 4 is 5.97 Å². The highest BCUT2D eigenvalue weighted by Crippen LogP contribution is 1.85. The molecular formula is C5H10O5. The van der Waals surface area contributed by atoms with Crippen molar-refractivity contribution in [1.82, 2.24) is 0 Å². The van der Waals surface area contributed by atoms with Crippen LogP contribution < -0.4 is 0 Å². The third-order valence-corrected chi connectivity index (χ3v) is 0.781. The van der Waals surface area contributed by atoms with Gasteiger partial charge in [0.25, 0.3) is 0 Å². The Morgan fingerprint density at radius 3 is 2.50 bits per heavy atom. The molecule has 0 unspecified atom stereocenters. The zero-order valence-corrected chi connectivity index (χ0v) is 5.36. The van der Waals surface area contributed by atoms with Gasteiger partial charge >= 0.3 is 5.97 Å². The Morgan fingerprint density at radius 2 is 2.10 bits per heavy atom. The number of aliphatic hydroxyl groups is 3. The van der Waals surface area contributed by atoms with E-state index in [-0.39, 0.29) is 13.2 Å². The van der Waals surface area contributed by atoms with Gasteiger partial charge in [-0.2, -0.15) is 0 Å². The van der Waals surface area contributed by atoms with E-state index in [4.69, 9.17) is 15.3 Å². The monoisotopic (exact) mass is 150 g/mol. The highest BCUT2D eigenvalue weighted by Gasteiger charge is 2.13. The van der Waals surface area contributed by atoms with E-state index in [1.165, 1.54) is 0 Å². The largest absolute Gasteiger partial charge is 0.461 e. The summed E-state index contributed by atoms with van der Waals surface area (Å²) < 4.78 is 4.24. The maximum atomic E-state index is 10.4. The molecule has 0 fully saturated rings. The molecular weight excluding hydrogens is 140 g/mol. The molecule has 60 valence electrons. The number of esters is 1. The summed E-state index contributed by atoms with van der Waals surface area (Å²) in [5, 5.41) is 24.9. The van der Waals surface area contributed by atoms with Crippen LogP contribution in [-0.4, -0.2) is 47.2 Å². The first-order valence-electron chi connectivity index (χ1n) is 2.78. The van der Waals surface area contributed by atoms with Gasteiger partial charge in [0, 0.05) is 0 Å². The minimum absolute atomic E-state index is 0.157. The third kappa shape index (κ3) is 3.39. The van der Waals surface area contributed by atoms with Crippen LogP contribution in [-0.2, 0) is 9.53 Å². The summed E-state index contributed by atoms with van der Waals surface area (Å²) in [6, 6.07) is 0. The van der Waals surface area contributed by atoms with Crippen molar-refractivity contribution < 1.29 is 24.9 Å². The van der Waals surface area contributed by atoms with Crippen LogP contribution in [0.2, 0.25) is 0 Å². The number of carbonyl (C=O) groups excluding carboxylic acids is 1. The van der Waals surface area contributed by atoms with Gasteiger partial charge < -0.3 is 20.1 Å². The molecule has 0 amide bonds. The van der Waals surface area contributed by atoms with Crippen molar-refractivity contribution in [2.45, 2.75) is 6.10 Å².